The third kappa shape index (κ3) is 7.53. The first-order chi connectivity index (χ1) is 30.5. The van der Waals surface area contributed by atoms with Crippen LogP contribution in [0.15, 0.2) is 133 Å². The summed E-state index contributed by atoms with van der Waals surface area (Å²) in [5, 5.41) is 54.3. The molecule has 0 aliphatic heterocycles. The molecule has 0 bridgehead atoms. The Labute approximate surface area is 372 Å². The van der Waals surface area contributed by atoms with Crippen LogP contribution in [0.25, 0.3) is 55.7 Å². The average Bonchev–Trinajstić information content (AvgIpc) is 3.26. The summed E-state index contributed by atoms with van der Waals surface area (Å²) in [5.74, 6) is -3.34. The largest absolute Gasteiger partial charge is 0.507 e. The number of nitrogen functional groups attached to an aromatic ring is 2. The summed E-state index contributed by atoms with van der Waals surface area (Å²) >= 11 is 0. The first-order valence-electron chi connectivity index (χ1n) is 21.1. The standard InChI is InChI=1S/C54H50N4O6/c1-27(2)43-39-23-29(5)45(51(61)47(39)41(49(59)53(43)63)25-57-37-19-11-33(12-20-37)31-7-15-35(55)16-8-31)46-30(6)24-40-44(28(3)4)54(64)50(60)42(48(40)52(46)62)26-58-38-21-13-34(14-22-38)32-9-17-36(56)18-10-32/h7-28,57-58,61-64H,55-56H2,1-6H3/b41-25-,42-26-. The second kappa shape index (κ2) is 16.7. The molecule has 0 unspecified atom stereocenters. The molecule has 0 saturated carbocycles. The number of allylic oxidation sites excluding steroid dienone is 4. The number of carbonyl (C=O) groups excluding carboxylic acids is 2. The van der Waals surface area contributed by atoms with Gasteiger partial charge in [-0.1, -0.05) is 88.4 Å². The molecule has 0 amide bonds. The number of aliphatic hydroxyl groups is 2. The van der Waals surface area contributed by atoms with E-state index in [1.165, 1.54) is 12.4 Å². The number of hydrogen-bond donors (Lipinski definition) is 8. The van der Waals surface area contributed by atoms with Crippen molar-refractivity contribution in [2.75, 3.05) is 22.1 Å². The van der Waals surface area contributed by atoms with E-state index in [-0.39, 0.29) is 56.7 Å². The Bertz CT molecular complexity index is 2800. The van der Waals surface area contributed by atoms with Gasteiger partial charge in [-0.05, 0) is 119 Å². The molecule has 322 valence electrons. The quantitative estimate of drug-likeness (QED) is 0.0513. The zero-order valence-corrected chi connectivity index (χ0v) is 36.5. The molecule has 10 N–H and O–H groups in total. The van der Waals surface area contributed by atoms with Gasteiger partial charge in [-0.15, -0.1) is 0 Å². The Morgan fingerprint density at radius 1 is 0.469 bits per heavy atom. The van der Waals surface area contributed by atoms with Gasteiger partial charge in [-0.25, -0.2) is 0 Å². The molecule has 0 heterocycles. The van der Waals surface area contributed by atoms with Gasteiger partial charge in [0.1, 0.15) is 11.5 Å². The summed E-state index contributed by atoms with van der Waals surface area (Å²) in [6, 6.07) is 33.8. The molecule has 8 rings (SSSR count). The number of ketones is 2. The van der Waals surface area contributed by atoms with Crippen molar-refractivity contribution in [2.45, 2.75) is 41.5 Å². The van der Waals surface area contributed by atoms with Crippen molar-refractivity contribution in [1.29, 1.82) is 0 Å². The summed E-state index contributed by atoms with van der Waals surface area (Å²) < 4.78 is 0. The van der Waals surface area contributed by atoms with Crippen molar-refractivity contribution in [2.24, 2.45) is 11.8 Å². The van der Waals surface area contributed by atoms with Crippen LogP contribution < -0.4 is 22.1 Å². The lowest BCUT2D eigenvalue weighted by Gasteiger charge is -2.29. The molecule has 2 aliphatic rings. The van der Waals surface area contributed by atoms with Gasteiger partial charge in [0.05, 0.1) is 11.1 Å². The van der Waals surface area contributed by atoms with Crippen molar-refractivity contribution in [3.63, 3.8) is 0 Å². The number of benzene rings is 6. The third-order valence-electron chi connectivity index (χ3n) is 12.0. The average molecular weight is 851 g/mol. The molecular weight excluding hydrogens is 801 g/mol. The van der Waals surface area contributed by atoms with E-state index in [1.807, 2.05) is 125 Å². The molecule has 10 heteroatoms. The predicted octanol–water partition coefficient (Wildman–Crippen LogP) is 11.8. The monoisotopic (exact) mass is 850 g/mol. The minimum atomic E-state index is -0.677. The van der Waals surface area contributed by atoms with Gasteiger partial charge in [0, 0.05) is 68.5 Å². The predicted molar refractivity (Wildman–Crippen MR) is 259 cm³/mol. The minimum Gasteiger partial charge on any atom is -0.507 e. The maximum Gasteiger partial charge on any atom is 0.229 e. The molecule has 6 aromatic rings. The lowest BCUT2D eigenvalue weighted by Crippen LogP contribution is -2.20. The smallest absolute Gasteiger partial charge is 0.229 e. The van der Waals surface area contributed by atoms with Crippen molar-refractivity contribution in [3.8, 4) is 44.9 Å². The van der Waals surface area contributed by atoms with Crippen molar-refractivity contribution in [1.82, 2.24) is 0 Å². The normalized spacial score (nSPS) is 15.1. The van der Waals surface area contributed by atoms with Gasteiger partial charge in [0.15, 0.2) is 11.5 Å². The fraction of sp³-hybridized carbons (Fsp3) is 0.148. The second-order valence-corrected chi connectivity index (χ2v) is 17.0. The molecule has 10 nitrogen and oxygen atoms in total. The highest BCUT2D eigenvalue weighted by Crippen LogP contribution is 2.53. The van der Waals surface area contributed by atoms with E-state index in [2.05, 4.69) is 10.6 Å². The molecule has 0 fully saturated rings. The molecule has 2 aliphatic carbocycles. The minimum absolute atomic E-state index is 0.0192. The number of nitrogens with two attached hydrogens (primary N) is 2. The van der Waals surface area contributed by atoms with E-state index in [0.717, 1.165) is 22.3 Å². The fourth-order valence-electron chi connectivity index (χ4n) is 8.81. The SMILES string of the molecule is Cc1cc2c(c(O)c1-c1c(C)cc3c(c1O)/C(=C/Nc1ccc(-c4ccc(N)cc4)cc1)C(=O)C(O)=C3C(C)C)/C(=C/Nc1ccc(-c3ccc(N)cc3)cc1)C(=O)C(O)=C2C(C)C. The molecule has 0 radical (unpaired) electrons. The Morgan fingerprint density at radius 2 is 0.766 bits per heavy atom. The Hall–Kier alpha value is -7.98. The van der Waals surface area contributed by atoms with Crippen LogP contribution in [0.3, 0.4) is 0 Å². The van der Waals surface area contributed by atoms with E-state index in [9.17, 15) is 30.0 Å². The van der Waals surface area contributed by atoms with Crippen LogP contribution in [-0.2, 0) is 9.59 Å². The Morgan fingerprint density at radius 3 is 1.06 bits per heavy atom. The number of phenolic OH excluding ortho intramolecular Hbond substituents is 2. The van der Waals surface area contributed by atoms with E-state index in [4.69, 9.17) is 11.5 Å². The first kappa shape index (κ1) is 42.7. The zero-order chi connectivity index (χ0) is 45.7. The summed E-state index contributed by atoms with van der Waals surface area (Å²) in [6.07, 6.45) is 2.95. The van der Waals surface area contributed by atoms with Crippen LogP contribution in [0.4, 0.5) is 22.7 Å². The van der Waals surface area contributed by atoms with Crippen molar-refractivity contribution in [3.05, 3.63) is 166 Å². The number of rotatable bonds is 9. The number of aliphatic hydroxyl groups excluding tert-OH is 2. The van der Waals surface area contributed by atoms with Gasteiger partial charge in [-0.3, -0.25) is 9.59 Å². The van der Waals surface area contributed by atoms with Crippen LogP contribution in [0.5, 0.6) is 11.5 Å². The van der Waals surface area contributed by atoms with E-state index in [0.29, 0.717) is 56.1 Å². The lowest BCUT2D eigenvalue weighted by atomic mass is 9.75. The molecule has 0 aromatic heterocycles. The molecule has 0 saturated heterocycles. The van der Waals surface area contributed by atoms with Gasteiger partial charge in [0.25, 0.3) is 0 Å². The van der Waals surface area contributed by atoms with Crippen LogP contribution in [0.1, 0.15) is 61.1 Å². The van der Waals surface area contributed by atoms with Gasteiger partial charge >= 0.3 is 0 Å². The molecule has 6 aromatic carbocycles. The highest BCUT2D eigenvalue weighted by Gasteiger charge is 2.38. The second-order valence-electron chi connectivity index (χ2n) is 17.0. The third-order valence-corrected chi connectivity index (χ3v) is 12.0. The molecule has 0 spiro atoms. The number of aromatic hydroxyl groups is 2. The molecule has 0 atom stereocenters. The van der Waals surface area contributed by atoms with Crippen LogP contribution in [0, 0.1) is 25.7 Å². The zero-order valence-electron chi connectivity index (χ0n) is 36.5. The first-order valence-corrected chi connectivity index (χ1v) is 21.1. The Balaban J connectivity index is 1.25. The summed E-state index contributed by atoms with van der Waals surface area (Å²) in [4.78, 5) is 28.3. The topological polar surface area (TPSA) is 191 Å². The highest BCUT2D eigenvalue weighted by molar-refractivity contribution is 6.35. The highest BCUT2D eigenvalue weighted by atomic mass is 16.3. The van der Waals surface area contributed by atoms with Crippen LogP contribution >= 0.6 is 0 Å². The number of aryl methyl sites for hydroxylation is 2. The van der Waals surface area contributed by atoms with E-state index in [1.54, 1.807) is 26.0 Å². The summed E-state index contributed by atoms with van der Waals surface area (Å²) in [5.41, 5.74) is 22.0. The Kier molecular flexibility index (Phi) is 11.1. The number of carbonyl (C=O) groups is 2. The number of anilines is 4. The maximum atomic E-state index is 14.1. The number of fused-ring (bicyclic) bond motifs is 2. The van der Waals surface area contributed by atoms with E-state index >= 15 is 0 Å². The lowest BCUT2D eigenvalue weighted by molar-refractivity contribution is -0.113. The van der Waals surface area contributed by atoms with Gasteiger partial charge in [-0.2, -0.15) is 0 Å². The maximum absolute atomic E-state index is 14.1. The van der Waals surface area contributed by atoms with E-state index < -0.39 is 23.1 Å². The van der Waals surface area contributed by atoms with Crippen LogP contribution in [-0.4, -0.2) is 32.0 Å². The number of phenols is 2. The molecular formula is C54H50N4O6. The van der Waals surface area contributed by atoms with Gasteiger partial charge < -0.3 is 42.5 Å². The summed E-state index contributed by atoms with van der Waals surface area (Å²) in [6.45, 7) is 11.0. The molecule has 64 heavy (non-hydrogen) atoms. The number of Topliss-reactive ketones (excluding diaryl/α,β-unsaturated/α-hetero) is 2. The summed E-state index contributed by atoms with van der Waals surface area (Å²) in [7, 11) is 0. The van der Waals surface area contributed by atoms with Crippen LogP contribution in [0.2, 0.25) is 0 Å². The van der Waals surface area contributed by atoms with Crippen molar-refractivity contribution >= 4 is 56.6 Å². The fourth-order valence-corrected chi connectivity index (χ4v) is 8.81. The number of hydrogen-bond acceptors (Lipinski definition) is 10. The number of nitrogens with one attached hydrogen (secondary N) is 2. The van der Waals surface area contributed by atoms with Crippen molar-refractivity contribution < 1.29 is 30.0 Å². The van der Waals surface area contributed by atoms with Gasteiger partial charge in [0.2, 0.25) is 11.6 Å².